The van der Waals surface area contributed by atoms with Crippen LogP contribution in [0.25, 0.3) is 45.1 Å². The summed E-state index contributed by atoms with van der Waals surface area (Å²) in [6, 6.07) is 45.4. The molecule has 2 heterocycles. The molecule has 0 spiro atoms. The fraction of sp³-hybridized carbons (Fsp3) is 0. The SMILES string of the molecule is c1ccc(Oc2ccc3nc(-c4ccccc4[O][Al][O][Al][O]c4ccccc4-c4nc5ccc(Oc6ccccc6)cc5o4)oc3c2)cc1. The van der Waals surface area contributed by atoms with Crippen LogP contribution in [0, 0.1) is 0 Å². The monoisotopic (exact) mass is 674 g/mol. The summed E-state index contributed by atoms with van der Waals surface area (Å²) >= 11 is -1.77. The quantitative estimate of drug-likeness (QED) is 0.0927. The summed E-state index contributed by atoms with van der Waals surface area (Å²) < 4.78 is 42.2. The molecular weight excluding hydrogens is 650 g/mol. The van der Waals surface area contributed by atoms with Gasteiger partial charge in [-0.15, -0.1) is 0 Å². The molecular formula is C38H24Al2N2O7. The molecule has 2 aromatic heterocycles. The lowest BCUT2D eigenvalue weighted by atomic mass is 10.2. The second kappa shape index (κ2) is 14.3. The average Bonchev–Trinajstić information content (AvgIpc) is 3.77. The molecule has 0 saturated heterocycles. The van der Waals surface area contributed by atoms with Crippen LogP contribution in [0.15, 0.2) is 154 Å². The van der Waals surface area contributed by atoms with E-state index < -0.39 is 31.8 Å². The highest BCUT2D eigenvalue weighted by molar-refractivity contribution is 6.35. The smallest absolute Gasteiger partial charge is 0.627 e. The van der Waals surface area contributed by atoms with Gasteiger partial charge in [-0.05, 0) is 72.8 Å². The molecule has 0 bridgehead atoms. The van der Waals surface area contributed by atoms with Gasteiger partial charge in [0.2, 0.25) is 11.8 Å². The van der Waals surface area contributed by atoms with Gasteiger partial charge >= 0.3 is 31.8 Å². The summed E-state index contributed by atoms with van der Waals surface area (Å²) in [6.45, 7) is 0. The fourth-order valence-electron chi connectivity index (χ4n) is 5.09. The van der Waals surface area contributed by atoms with E-state index in [1.54, 1.807) is 0 Å². The summed E-state index contributed by atoms with van der Waals surface area (Å²) in [5, 5.41) is 0. The second-order valence-corrected chi connectivity index (χ2v) is 12.6. The van der Waals surface area contributed by atoms with E-state index in [0.29, 0.717) is 57.0 Å². The summed E-state index contributed by atoms with van der Waals surface area (Å²) in [4.78, 5) is 9.36. The van der Waals surface area contributed by atoms with E-state index in [-0.39, 0.29) is 0 Å². The van der Waals surface area contributed by atoms with Gasteiger partial charge in [0.05, 0.1) is 22.6 Å². The Morgan fingerprint density at radius 2 is 0.857 bits per heavy atom. The molecule has 9 nitrogen and oxygen atoms in total. The van der Waals surface area contributed by atoms with Crippen LogP contribution in [0.1, 0.15) is 0 Å². The van der Waals surface area contributed by atoms with Crippen molar-refractivity contribution >= 4 is 54.0 Å². The van der Waals surface area contributed by atoms with Gasteiger partial charge in [0.15, 0.2) is 11.2 Å². The highest BCUT2D eigenvalue weighted by Crippen LogP contribution is 2.35. The lowest BCUT2D eigenvalue weighted by Crippen LogP contribution is -2.16. The number of hydrogen-bond acceptors (Lipinski definition) is 9. The molecule has 0 aliphatic rings. The minimum Gasteiger partial charge on any atom is -0.627 e. The van der Waals surface area contributed by atoms with Crippen LogP contribution in [0.3, 0.4) is 0 Å². The molecule has 6 aromatic carbocycles. The Morgan fingerprint density at radius 1 is 0.429 bits per heavy atom. The van der Waals surface area contributed by atoms with Gasteiger partial charge in [-0.1, -0.05) is 60.7 Å². The molecule has 0 aliphatic carbocycles. The third-order valence-electron chi connectivity index (χ3n) is 7.37. The Balaban J connectivity index is 0.906. The molecule has 11 heteroatoms. The molecule has 49 heavy (non-hydrogen) atoms. The lowest BCUT2D eigenvalue weighted by molar-refractivity contribution is 0.417. The van der Waals surface area contributed by atoms with Crippen molar-refractivity contribution in [1.29, 1.82) is 0 Å². The standard InChI is InChI=1S/2C19H13NO3.2Al.O/c2*21-17-9-5-4-8-15(17)19-20-16-11-10-14(12-18(16)23-19)22-13-6-2-1-3-7-13;;;/h2*1-12,21H;;;/q;;2*+1;/p-2. The summed E-state index contributed by atoms with van der Waals surface area (Å²) in [5.74, 6) is 4.89. The minimum absolute atomic E-state index is 0.441. The molecule has 0 amide bonds. The van der Waals surface area contributed by atoms with Gasteiger partial charge in [-0.25, -0.2) is 9.97 Å². The van der Waals surface area contributed by atoms with Gasteiger partial charge in [-0.2, -0.15) is 0 Å². The van der Waals surface area contributed by atoms with Crippen molar-refractivity contribution in [2.24, 2.45) is 0 Å². The van der Waals surface area contributed by atoms with Crippen LogP contribution in [0.2, 0.25) is 0 Å². The molecule has 0 unspecified atom stereocenters. The summed E-state index contributed by atoms with van der Waals surface area (Å²) in [7, 11) is 0. The number of aromatic nitrogens is 2. The number of benzene rings is 6. The molecule has 234 valence electrons. The summed E-state index contributed by atoms with van der Waals surface area (Å²) in [6.07, 6.45) is 0. The van der Waals surface area contributed by atoms with Crippen LogP contribution in [0.4, 0.5) is 0 Å². The van der Waals surface area contributed by atoms with E-state index >= 15 is 0 Å². The third-order valence-corrected chi connectivity index (χ3v) is 8.96. The van der Waals surface area contributed by atoms with Gasteiger partial charge in [0.25, 0.3) is 0 Å². The van der Waals surface area contributed by atoms with Crippen molar-refractivity contribution in [3.8, 4) is 57.4 Å². The Morgan fingerprint density at radius 3 is 1.33 bits per heavy atom. The molecule has 0 N–H and O–H groups in total. The Bertz CT molecular complexity index is 2180. The first-order chi connectivity index (χ1) is 24.2. The lowest BCUT2D eigenvalue weighted by Gasteiger charge is -2.12. The number of fused-ring (bicyclic) bond motifs is 2. The van der Waals surface area contributed by atoms with Crippen molar-refractivity contribution in [2.75, 3.05) is 0 Å². The predicted octanol–water partition coefficient (Wildman–Crippen LogP) is 9.43. The first-order valence-corrected chi connectivity index (χ1v) is 17.2. The maximum Gasteiger partial charge on any atom is 0.743 e. The van der Waals surface area contributed by atoms with Crippen molar-refractivity contribution in [1.82, 2.24) is 9.97 Å². The number of para-hydroxylation sites is 4. The van der Waals surface area contributed by atoms with E-state index in [9.17, 15) is 0 Å². The third kappa shape index (κ3) is 7.18. The van der Waals surface area contributed by atoms with Crippen molar-refractivity contribution < 1.29 is 28.7 Å². The maximum atomic E-state index is 6.12. The first-order valence-electron chi connectivity index (χ1n) is 15.3. The van der Waals surface area contributed by atoms with Crippen LogP contribution in [0.5, 0.6) is 34.5 Å². The van der Waals surface area contributed by atoms with E-state index in [2.05, 4.69) is 9.97 Å². The zero-order chi connectivity index (χ0) is 32.8. The minimum atomic E-state index is -0.884. The number of hydrogen-bond donors (Lipinski definition) is 0. The molecule has 0 fully saturated rings. The van der Waals surface area contributed by atoms with E-state index in [0.717, 1.165) is 22.6 Å². The van der Waals surface area contributed by atoms with Gasteiger partial charge in [0.1, 0.15) is 34.0 Å². The number of nitrogens with zero attached hydrogens (tertiary/aromatic N) is 2. The number of ether oxygens (including phenoxy) is 2. The average molecular weight is 675 g/mol. The first kappa shape index (κ1) is 30.8. The molecule has 0 atom stereocenters. The Hall–Kier alpha value is -5.52. The van der Waals surface area contributed by atoms with Crippen molar-refractivity contribution in [3.05, 3.63) is 146 Å². The molecule has 8 rings (SSSR count). The molecule has 8 aromatic rings. The zero-order valence-corrected chi connectivity index (χ0v) is 28.1. The van der Waals surface area contributed by atoms with E-state index in [1.807, 2.05) is 146 Å². The largest absolute Gasteiger partial charge is 0.743 e. The molecule has 2 radical (unpaired) electrons. The fourth-order valence-corrected chi connectivity index (χ4v) is 6.33. The van der Waals surface area contributed by atoms with Crippen LogP contribution in [-0.2, 0) is 2.84 Å². The molecule has 0 aliphatic heterocycles. The predicted molar refractivity (Wildman–Crippen MR) is 186 cm³/mol. The highest BCUT2D eigenvalue weighted by atomic mass is 27.3. The number of rotatable bonds is 12. The Kier molecular flexibility index (Phi) is 8.99. The van der Waals surface area contributed by atoms with Crippen molar-refractivity contribution in [3.63, 3.8) is 0 Å². The van der Waals surface area contributed by atoms with E-state index in [1.165, 1.54) is 0 Å². The Labute approximate surface area is 294 Å². The maximum absolute atomic E-state index is 6.12. The van der Waals surface area contributed by atoms with Crippen LogP contribution in [-0.4, -0.2) is 41.7 Å². The number of oxazole rings is 2. The zero-order valence-electron chi connectivity index (χ0n) is 25.8. The van der Waals surface area contributed by atoms with Gasteiger partial charge in [-0.3, -0.25) is 0 Å². The summed E-state index contributed by atoms with van der Waals surface area (Å²) in [5.41, 5.74) is 4.08. The topological polar surface area (TPSA) is 98.2 Å². The second-order valence-electron chi connectivity index (χ2n) is 10.7. The van der Waals surface area contributed by atoms with Crippen LogP contribution >= 0.6 is 0 Å². The molecule has 0 saturated carbocycles. The van der Waals surface area contributed by atoms with Crippen LogP contribution < -0.4 is 17.1 Å². The van der Waals surface area contributed by atoms with Crippen molar-refractivity contribution in [2.45, 2.75) is 0 Å². The van der Waals surface area contributed by atoms with Gasteiger partial charge < -0.3 is 28.7 Å². The normalized spacial score (nSPS) is 10.9. The van der Waals surface area contributed by atoms with E-state index in [4.69, 9.17) is 28.7 Å². The van der Waals surface area contributed by atoms with Gasteiger partial charge in [0, 0.05) is 12.1 Å². The highest BCUT2D eigenvalue weighted by Gasteiger charge is 2.18.